The number of carbonyl (C=O) groups excluding carboxylic acids is 5. The number of nitrogens with zero attached hydrogens (tertiary/aromatic N) is 1. The lowest BCUT2D eigenvalue weighted by Crippen LogP contribution is -2.52. The van der Waals surface area contributed by atoms with E-state index < -0.39 is 62.2 Å². The molecule has 0 aromatic rings. The summed E-state index contributed by atoms with van der Waals surface area (Å²) in [6.45, 7) is 36.7. The van der Waals surface area contributed by atoms with Crippen LogP contribution in [0, 0.1) is 33.0 Å². The SMILES string of the molecule is CCCCCCCCCCSCCOCC(CC)(COC(=O)NC(=O)C(C)(C)C)COC(C)(C)C(C)(C)C(=O)C(C)CC(C)(C)C(=O)OCC(CC)(COCCSCCCC(=O)NCCN1CCCCC1)COC(C)(C)C. The molecule has 0 bridgehead atoms. The number of amides is 3. The van der Waals surface area contributed by atoms with Crippen LogP contribution in [0.5, 0.6) is 0 Å². The Balaban J connectivity index is 2.91. The Kier molecular flexibility index (Phi) is 35.3. The van der Waals surface area contributed by atoms with Gasteiger partial charge in [-0.15, -0.1) is 0 Å². The summed E-state index contributed by atoms with van der Waals surface area (Å²) in [5.74, 6) is 2.30. The van der Waals surface area contributed by atoms with E-state index in [0.717, 1.165) is 49.1 Å². The van der Waals surface area contributed by atoms with Crippen LogP contribution in [0.2, 0.25) is 0 Å². The quantitative estimate of drug-likeness (QED) is 0.0437. The number of nitrogens with one attached hydrogen (secondary N) is 2. The second kappa shape index (κ2) is 37.2. The third kappa shape index (κ3) is 30.6. The number of likely N-dealkylation sites (tertiary alicyclic amines) is 1. The number of ketones is 1. The van der Waals surface area contributed by atoms with Crippen molar-refractivity contribution in [2.24, 2.45) is 33.0 Å². The second-order valence-corrected chi connectivity index (χ2v) is 28.4. The van der Waals surface area contributed by atoms with Crippen LogP contribution in [0.25, 0.3) is 0 Å². The molecule has 3 unspecified atom stereocenters. The average Bonchev–Trinajstić information content (AvgIpc) is 3.36. The lowest BCUT2D eigenvalue weighted by Gasteiger charge is -2.44. The minimum absolute atomic E-state index is 0.0502. The third-order valence-corrected chi connectivity index (χ3v) is 17.6. The molecule has 77 heavy (non-hydrogen) atoms. The van der Waals surface area contributed by atoms with Gasteiger partial charge >= 0.3 is 12.1 Å². The third-order valence-electron chi connectivity index (χ3n) is 15.5. The molecule has 1 rings (SSSR count). The Hall–Kier alpha value is -1.95. The first-order valence-corrected chi connectivity index (χ1v) is 32.1. The minimum Gasteiger partial charge on any atom is -0.465 e. The molecule has 0 aromatic heterocycles. The van der Waals surface area contributed by atoms with E-state index >= 15 is 0 Å². The number of hydrogen-bond donors (Lipinski definition) is 2. The van der Waals surface area contributed by atoms with Gasteiger partial charge < -0.3 is 38.6 Å². The average molecular weight is 1130 g/mol. The van der Waals surface area contributed by atoms with Gasteiger partial charge in [-0.3, -0.25) is 24.5 Å². The van der Waals surface area contributed by atoms with Crippen LogP contribution in [0.15, 0.2) is 0 Å². The highest BCUT2D eigenvalue weighted by Crippen LogP contribution is 2.41. The number of piperidine rings is 1. The predicted octanol–water partition coefficient (Wildman–Crippen LogP) is 12.9. The van der Waals surface area contributed by atoms with Crippen molar-refractivity contribution < 1.29 is 52.4 Å². The van der Waals surface area contributed by atoms with E-state index in [4.69, 9.17) is 28.4 Å². The molecular formula is C61H115N3O11S2. The van der Waals surface area contributed by atoms with Gasteiger partial charge in [0.15, 0.2) is 0 Å². The van der Waals surface area contributed by atoms with Gasteiger partial charge in [0, 0.05) is 42.3 Å². The van der Waals surface area contributed by atoms with Crippen molar-refractivity contribution in [1.29, 1.82) is 0 Å². The van der Waals surface area contributed by atoms with Crippen LogP contribution in [-0.4, -0.2) is 148 Å². The first-order valence-electron chi connectivity index (χ1n) is 29.8. The molecule has 452 valence electrons. The molecule has 1 aliphatic heterocycles. The van der Waals surface area contributed by atoms with Gasteiger partial charge in [0.05, 0.1) is 72.5 Å². The zero-order valence-electron chi connectivity index (χ0n) is 52.0. The first-order chi connectivity index (χ1) is 36.0. The van der Waals surface area contributed by atoms with Gasteiger partial charge in [-0.2, -0.15) is 23.5 Å². The second-order valence-electron chi connectivity index (χ2n) is 25.9. The van der Waals surface area contributed by atoms with E-state index in [9.17, 15) is 24.0 Å². The van der Waals surface area contributed by atoms with Crippen LogP contribution in [0.3, 0.4) is 0 Å². The standard InChI is InChI=1S/C61H115N3O11S2/c1-17-20-21-22-23-24-25-29-38-76-40-36-71-44-61(19-3,46-73-54(69)63-52(67)55(5,6)7)48-75-59(15,16)58(13,14)51(66)49(4)42-57(11,12)53(68)72-45-60(18-2,47-74-56(8,9)10)43-70-37-41-77-39-30-31-50(65)62-32-35-64-33-27-26-28-34-64/h49H,17-48H2,1-16H3,(H,62,65)(H,63,67,69). The van der Waals surface area contributed by atoms with Gasteiger partial charge in [0.1, 0.15) is 19.0 Å². The van der Waals surface area contributed by atoms with Crippen LogP contribution < -0.4 is 10.6 Å². The largest absolute Gasteiger partial charge is 0.465 e. The summed E-state index contributed by atoms with van der Waals surface area (Å²) < 4.78 is 37.5. The van der Waals surface area contributed by atoms with Crippen molar-refractivity contribution in [3.63, 3.8) is 0 Å². The summed E-state index contributed by atoms with van der Waals surface area (Å²) in [6, 6.07) is 0. The molecule has 0 aliphatic carbocycles. The Labute approximate surface area is 478 Å². The number of alkyl carbamates (subject to hydrolysis) is 1. The summed E-state index contributed by atoms with van der Waals surface area (Å²) in [4.78, 5) is 69.0. The monoisotopic (exact) mass is 1130 g/mol. The van der Waals surface area contributed by atoms with E-state index in [1.54, 1.807) is 32.5 Å². The van der Waals surface area contributed by atoms with Crippen LogP contribution in [0.4, 0.5) is 4.79 Å². The maximum absolute atomic E-state index is 14.6. The van der Waals surface area contributed by atoms with Crippen LogP contribution in [0.1, 0.15) is 214 Å². The fourth-order valence-electron chi connectivity index (χ4n) is 8.86. The number of imide groups is 1. The Morgan fingerprint density at radius 2 is 1.12 bits per heavy atom. The highest BCUT2D eigenvalue weighted by Gasteiger charge is 2.49. The summed E-state index contributed by atoms with van der Waals surface area (Å²) >= 11 is 3.65. The highest BCUT2D eigenvalue weighted by atomic mass is 32.2. The molecule has 1 fully saturated rings. The lowest BCUT2D eigenvalue weighted by molar-refractivity contribution is -0.169. The van der Waals surface area contributed by atoms with Crippen molar-refractivity contribution >= 4 is 53.2 Å². The van der Waals surface area contributed by atoms with Gasteiger partial charge in [0.25, 0.3) is 0 Å². The number of rotatable bonds is 43. The fraction of sp³-hybridized carbons (Fsp3) is 0.918. The van der Waals surface area contributed by atoms with Crippen molar-refractivity contribution in [1.82, 2.24) is 15.5 Å². The number of ether oxygens (including phenoxy) is 6. The maximum Gasteiger partial charge on any atom is 0.413 e. The molecule has 3 atom stereocenters. The van der Waals surface area contributed by atoms with Gasteiger partial charge in [-0.25, -0.2) is 4.79 Å². The number of hydrogen-bond acceptors (Lipinski definition) is 14. The van der Waals surface area contributed by atoms with Crippen molar-refractivity contribution in [3.05, 3.63) is 0 Å². The summed E-state index contributed by atoms with van der Waals surface area (Å²) in [5.41, 5.74) is -5.51. The molecule has 1 saturated heterocycles. The molecule has 1 heterocycles. The van der Waals surface area contributed by atoms with Crippen LogP contribution in [-0.2, 0) is 47.6 Å². The van der Waals surface area contributed by atoms with Gasteiger partial charge in [-0.05, 0) is 118 Å². The lowest BCUT2D eigenvalue weighted by atomic mass is 9.67. The molecule has 0 aromatic carbocycles. The van der Waals surface area contributed by atoms with Gasteiger partial charge in [0.2, 0.25) is 11.8 Å². The van der Waals surface area contributed by atoms with Crippen molar-refractivity contribution in [3.8, 4) is 0 Å². The van der Waals surface area contributed by atoms with Crippen molar-refractivity contribution in [2.45, 2.75) is 225 Å². The zero-order chi connectivity index (χ0) is 58.2. The zero-order valence-corrected chi connectivity index (χ0v) is 53.6. The predicted molar refractivity (Wildman–Crippen MR) is 319 cm³/mol. The molecule has 0 saturated carbocycles. The summed E-state index contributed by atoms with van der Waals surface area (Å²) in [5, 5.41) is 5.43. The number of unbranched alkanes of at least 4 members (excludes halogenated alkanes) is 7. The molecular weight excluding hydrogens is 1010 g/mol. The Bertz CT molecular complexity index is 1680. The number of Topliss-reactive ketones (excluding diaryl/α,β-unsaturated/α-hetero) is 1. The molecule has 16 heteroatoms. The topological polar surface area (TPSA) is 168 Å². The Morgan fingerprint density at radius 3 is 1.65 bits per heavy atom. The smallest absolute Gasteiger partial charge is 0.413 e. The Morgan fingerprint density at radius 1 is 0.597 bits per heavy atom. The first kappa shape index (κ1) is 73.1. The molecule has 14 nitrogen and oxygen atoms in total. The normalized spacial score (nSPS) is 16.1. The summed E-state index contributed by atoms with van der Waals surface area (Å²) in [7, 11) is 0. The van der Waals surface area contributed by atoms with Crippen molar-refractivity contribution in [2.75, 3.05) is 102 Å². The minimum atomic E-state index is -1.01. The van der Waals surface area contributed by atoms with Gasteiger partial charge in [-0.1, -0.05) is 114 Å². The van der Waals surface area contributed by atoms with E-state index in [1.807, 2.05) is 87.9 Å². The molecule has 3 amide bonds. The fourth-order valence-corrected chi connectivity index (χ4v) is 10.5. The molecule has 2 N–H and O–H groups in total. The molecule has 0 spiro atoms. The number of carbonyl (C=O) groups is 5. The number of esters is 1. The molecule has 0 radical (unpaired) electrons. The number of thioether (sulfide) groups is 2. The van der Waals surface area contributed by atoms with E-state index in [0.29, 0.717) is 52.2 Å². The highest BCUT2D eigenvalue weighted by molar-refractivity contribution is 7.99. The van der Waals surface area contributed by atoms with Crippen LogP contribution >= 0.6 is 23.5 Å². The molecule has 1 aliphatic rings. The maximum atomic E-state index is 14.6. The van der Waals surface area contributed by atoms with E-state index in [2.05, 4.69) is 29.4 Å². The van der Waals surface area contributed by atoms with E-state index in [1.165, 1.54) is 70.6 Å². The van der Waals surface area contributed by atoms with E-state index in [-0.39, 0.29) is 44.5 Å². The summed E-state index contributed by atoms with van der Waals surface area (Å²) in [6.07, 6.45) is 16.1.